The Balaban J connectivity index is 1.66. The van der Waals surface area contributed by atoms with E-state index < -0.39 is 22.6 Å². The average Bonchev–Trinajstić information content (AvgIpc) is 3.57. The molecule has 1 amide bonds. The van der Waals surface area contributed by atoms with E-state index in [2.05, 4.69) is 5.32 Å². The summed E-state index contributed by atoms with van der Waals surface area (Å²) in [6, 6.07) is 14.3. The van der Waals surface area contributed by atoms with Crippen LogP contribution in [0.4, 0.5) is 5.69 Å². The number of esters is 1. The van der Waals surface area contributed by atoms with Crippen molar-refractivity contribution in [3.8, 4) is 0 Å². The molecule has 154 valence electrons. The van der Waals surface area contributed by atoms with Crippen molar-refractivity contribution in [2.45, 2.75) is 30.7 Å². The Bertz CT molecular complexity index is 987. The van der Waals surface area contributed by atoms with E-state index in [1.807, 2.05) is 6.92 Å². The molecule has 1 N–H and O–H groups in total. The molecule has 0 spiro atoms. The first-order valence-corrected chi connectivity index (χ1v) is 10.8. The fourth-order valence-electron chi connectivity index (χ4n) is 2.94. The van der Waals surface area contributed by atoms with Crippen molar-refractivity contribution in [3.05, 3.63) is 60.2 Å². The van der Waals surface area contributed by atoms with Crippen LogP contribution in [0.25, 0.3) is 0 Å². The van der Waals surface area contributed by atoms with Gasteiger partial charge in [0, 0.05) is 13.1 Å². The van der Waals surface area contributed by atoms with E-state index in [9.17, 15) is 18.0 Å². The van der Waals surface area contributed by atoms with Gasteiger partial charge in [0.05, 0.1) is 16.1 Å². The number of carbonyl (C=O) groups is 2. The van der Waals surface area contributed by atoms with Gasteiger partial charge in [-0.15, -0.1) is 0 Å². The van der Waals surface area contributed by atoms with Crippen LogP contribution in [0.3, 0.4) is 0 Å². The Morgan fingerprint density at radius 3 is 2.48 bits per heavy atom. The van der Waals surface area contributed by atoms with Crippen LogP contribution in [-0.4, -0.2) is 40.0 Å². The minimum Gasteiger partial charge on any atom is -0.452 e. The van der Waals surface area contributed by atoms with Crippen LogP contribution >= 0.6 is 0 Å². The topological polar surface area (TPSA) is 92.8 Å². The van der Waals surface area contributed by atoms with Gasteiger partial charge in [-0.1, -0.05) is 24.3 Å². The van der Waals surface area contributed by atoms with Gasteiger partial charge < -0.3 is 10.1 Å². The number of hydrogen-bond donors (Lipinski definition) is 1. The van der Waals surface area contributed by atoms with Gasteiger partial charge in [0.15, 0.2) is 6.61 Å². The van der Waals surface area contributed by atoms with Crippen LogP contribution < -0.4 is 9.62 Å². The van der Waals surface area contributed by atoms with Gasteiger partial charge >= 0.3 is 5.97 Å². The molecule has 2 aromatic rings. The van der Waals surface area contributed by atoms with Gasteiger partial charge in [-0.05, 0) is 56.0 Å². The van der Waals surface area contributed by atoms with Crippen LogP contribution in [0.5, 0.6) is 0 Å². The molecule has 0 heterocycles. The van der Waals surface area contributed by atoms with E-state index in [1.165, 1.54) is 31.3 Å². The Kier molecular flexibility index (Phi) is 6.22. The lowest BCUT2D eigenvalue weighted by atomic mass is 10.2. The molecule has 1 saturated carbocycles. The molecular weight excluding hydrogens is 392 g/mol. The second kappa shape index (κ2) is 8.65. The van der Waals surface area contributed by atoms with Crippen molar-refractivity contribution in [1.29, 1.82) is 0 Å². The zero-order valence-corrected chi connectivity index (χ0v) is 17.2. The van der Waals surface area contributed by atoms with Crippen LogP contribution in [-0.2, 0) is 19.6 Å². The number of sulfonamides is 1. The summed E-state index contributed by atoms with van der Waals surface area (Å²) in [5.74, 6) is -0.623. The zero-order valence-electron chi connectivity index (χ0n) is 16.4. The molecule has 0 radical (unpaired) electrons. The molecule has 1 atom stereocenters. The summed E-state index contributed by atoms with van der Waals surface area (Å²) in [4.78, 5) is 24.2. The molecule has 7 nitrogen and oxygen atoms in total. The standard InChI is InChI=1S/C21H24N2O5S/c1-15(16-11-12-16)22-20(24)14-28-21(25)17-7-6-10-19(13-17)29(26,27)23(2)18-8-4-3-5-9-18/h3-10,13,15-16H,11-12,14H2,1-2H3,(H,22,24)/t15-/m1/s1. The third-order valence-electron chi connectivity index (χ3n) is 4.90. The first-order chi connectivity index (χ1) is 13.8. The predicted octanol–water partition coefficient (Wildman–Crippen LogP) is 2.58. The second-order valence-corrected chi connectivity index (χ2v) is 9.07. The first-order valence-electron chi connectivity index (χ1n) is 9.39. The molecule has 0 aliphatic heterocycles. The number of carbonyl (C=O) groups excluding carboxylic acids is 2. The summed E-state index contributed by atoms with van der Waals surface area (Å²) < 4.78 is 31.9. The maximum Gasteiger partial charge on any atom is 0.338 e. The van der Waals surface area contributed by atoms with Crippen molar-refractivity contribution in [3.63, 3.8) is 0 Å². The number of rotatable bonds is 8. The Morgan fingerprint density at radius 2 is 1.83 bits per heavy atom. The number of anilines is 1. The van der Waals surface area contributed by atoms with Crippen molar-refractivity contribution in [1.82, 2.24) is 5.32 Å². The minimum absolute atomic E-state index is 0.0369. The molecule has 8 heteroatoms. The predicted molar refractivity (Wildman–Crippen MR) is 109 cm³/mol. The molecular formula is C21H24N2O5S. The molecule has 0 aromatic heterocycles. The lowest BCUT2D eigenvalue weighted by Crippen LogP contribution is -2.37. The normalized spacial score (nSPS) is 14.7. The third kappa shape index (κ3) is 5.14. The van der Waals surface area contributed by atoms with E-state index in [4.69, 9.17) is 4.74 Å². The molecule has 29 heavy (non-hydrogen) atoms. The lowest BCUT2D eigenvalue weighted by Gasteiger charge is -2.19. The van der Waals surface area contributed by atoms with Crippen molar-refractivity contribution < 1.29 is 22.7 Å². The molecule has 2 aromatic carbocycles. The maximum atomic E-state index is 12.9. The number of hydrogen-bond acceptors (Lipinski definition) is 5. The van der Waals surface area contributed by atoms with Gasteiger partial charge in [-0.2, -0.15) is 0 Å². The zero-order chi connectivity index (χ0) is 21.0. The fraction of sp³-hybridized carbons (Fsp3) is 0.333. The number of para-hydroxylation sites is 1. The molecule has 0 saturated heterocycles. The van der Waals surface area contributed by atoms with Gasteiger partial charge in [0.2, 0.25) is 0 Å². The largest absolute Gasteiger partial charge is 0.452 e. The van der Waals surface area contributed by atoms with Gasteiger partial charge in [-0.3, -0.25) is 9.10 Å². The van der Waals surface area contributed by atoms with Gasteiger partial charge in [-0.25, -0.2) is 13.2 Å². The van der Waals surface area contributed by atoms with E-state index in [0.717, 1.165) is 17.1 Å². The smallest absolute Gasteiger partial charge is 0.338 e. The highest BCUT2D eigenvalue weighted by atomic mass is 32.2. The molecule has 1 aliphatic rings. The lowest BCUT2D eigenvalue weighted by molar-refractivity contribution is -0.124. The molecule has 0 bridgehead atoms. The number of nitrogens with one attached hydrogen (secondary N) is 1. The third-order valence-corrected chi connectivity index (χ3v) is 6.68. The SMILES string of the molecule is C[C@@H](NC(=O)COC(=O)c1cccc(S(=O)(=O)N(C)c2ccccc2)c1)C1CC1. The van der Waals surface area contributed by atoms with Crippen LogP contribution in [0.2, 0.25) is 0 Å². The molecule has 3 rings (SSSR count). The number of amides is 1. The second-order valence-electron chi connectivity index (χ2n) is 7.11. The average molecular weight is 416 g/mol. The molecule has 1 aliphatic carbocycles. The summed E-state index contributed by atoms with van der Waals surface area (Å²) in [7, 11) is -2.41. The van der Waals surface area contributed by atoms with Gasteiger partial charge in [0.1, 0.15) is 0 Å². The fourth-order valence-corrected chi connectivity index (χ4v) is 4.18. The molecule has 1 fully saturated rings. The highest BCUT2D eigenvalue weighted by molar-refractivity contribution is 7.92. The Hall–Kier alpha value is -2.87. The van der Waals surface area contributed by atoms with Gasteiger partial charge in [0.25, 0.3) is 15.9 Å². The van der Waals surface area contributed by atoms with E-state index >= 15 is 0 Å². The highest BCUT2D eigenvalue weighted by Gasteiger charge is 2.29. The van der Waals surface area contributed by atoms with Crippen molar-refractivity contribution >= 4 is 27.6 Å². The van der Waals surface area contributed by atoms with E-state index in [1.54, 1.807) is 30.3 Å². The summed E-state index contributed by atoms with van der Waals surface area (Å²) in [5, 5.41) is 2.80. The van der Waals surface area contributed by atoms with E-state index in [-0.39, 0.29) is 22.4 Å². The Labute approximate surface area is 170 Å². The van der Waals surface area contributed by atoms with Crippen molar-refractivity contribution in [2.24, 2.45) is 5.92 Å². The number of benzene rings is 2. The van der Waals surface area contributed by atoms with Crippen molar-refractivity contribution in [2.75, 3.05) is 18.0 Å². The summed E-state index contributed by atoms with van der Waals surface area (Å²) in [6.07, 6.45) is 2.19. The summed E-state index contributed by atoms with van der Waals surface area (Å²) in [6.45, 7) is 1.52. The number of nitrogens with zero attached hydrogens (tertiary/aromatic N) is 1. The quantitative estimate of drug-likeness (QED) is 0.668. The highest BCUT2D eigenvalue weighted by Crippen LogP contribution is 2.32. The Morgan fingerprint density at radius 1 is 1.14 bits per heavy atom. The summed E-state index contributed by atoms with van der Waals surface area (Å²) >= 11 is 0. The maximum absolute atomic E-state index is 12.9. The van der Waals surface area contributed by atoms with E-state index in [0.29, 0.717) is 11.6 Å². The monoisotopic (exact) mass is 416 g/mol. The summed E-state index contributed by atoms with van der Waals surface area (Å²) in [5.41, 5.74) is 0.567. The van der Waals surface area contributed by atoms with Crippen LogP contribution in [0.1, 0.15) is 30.1 Å². The van der Waals surface area contributed by atoms with Crippen LogP contribution in [0.15, 0.2) is 59.5 Å². The number of ether oxygens (including phenoxy) is 1. The minimum atomic E-state index is -3.85. The molecule has 0 unspecified atom stereocenters. The first kappa shape index (κ1) is 20.9. The van der Waals surface area contributed by atoms with Crippen LogP contribution in [0, 0.1) is 5.92 Å².